The van der Waals surface area contributed by atoms with Gasteiger partial charge in [-0.3, -0.25) is 0 Å². The Hall–Kier alpha value is 0.350. The van der Waals surface area contributed by atoms with E-state index in [1.54, 1.807) is 0 Å². The number of hydrogen-bond acceptors (Lipinski definition) is 1. The van der Waals surface area contributed by atoms with E-state index >= 15 is 0 Å². The second-order valence-corrected chi connectivity index (χ2v) is 9.68. The quantitative estimate of drug-likeness (QED) is 0.192. The average Bonchev–Trinajstić information content (AvgIpc) is 2.63. The van der Waals surface area contributed by atoms with Crippen LogP contribution in [0.3, 0.4) is 0 Å². The van der Waals surface area contributed by atoms with E-state index in [9.17, 15) is 0 Å². The van der Waals surface area contributed by atoms with Gasteiger partial charge in [0.15, 0.2) is 0 Å². The van der Waals surface area contributed by atoms with Gasteiger partial charge in [-0.2, -0.15) is 11.8 Å². The zero-order chi connectivity index (χ0) is 18.6. The summed E-state index contributed by atoms with van der Waals surface area (Å²) in [4.78, 5) is 0. The van der Waals surface area contributed by atoms with Crippen LogP contribution in [-0.4, -0.2) is 10.5 Å². The van der Waals surface area contributed by atoms with E-state index in [4.69, 9.17) is 0 Å². The fourth-order valence-corrected chi connectivity index (χ4v) is 5.40. The summed E-state index contributed by atoms with van der Waals surface area (Å²) in [6, 6.07) is 0. The van der Waals surface area contributed by atoms with Crippen molar-refractivity contribution in [2.75, 3.05) is 0 Å². The molecular formula is C24H50S. The topological polar surface area (TPSA) is 0 Å². The van der Waals surface area contributed by atoms with Gasteiger partial charge in [-0.15, -0.1) is 0 Å². The molecular weight excluding hydrogens is 320 g/mol. The highest BCUT2D eigenvalue weighted by Gasteiger charge is 2.16. The molecule has 0 bridgehead atoms. The van der Waals surface area contributed by atoms with Gasteiger partial charge in [0.25, 0.3) is 0 Å². The Balaban J connectivity index is 4.23. The lowest BCUT2D eigenvalue weighted by molar-refractivity contribution is 0.554. The standard InChI is InChI=1S/C24H50S/c1-5-9-13-15-17-21-23(19-11-7-3)25-24(20-12-8-4)22-18-16-14-10-6-2/h23-24H,5-22H2,1-4H3. The molecule has 0 aromatic heterocycles. The van der Waals surface area contributed by atoms with E-state index in [1.165, 1.54) is 116 Å². The van der Waals surface area contributed by atoms with Gasteiger partial charge in [0, 0.05) is 10.5 Å². The van der Waals surface area contributed by atoms with Crippen LogP contribution in [0.15, 0.2) is 0 Å². The maximum Gasteiger partial charge on any atom is 0.00498 e. The fraction of sp³-hybridized carbons (Fsp3) is 1.00. The van der Waals surface area contributed by atoms with Crippen molar-refractivity contribution >= 4 is 11.8 Å². The molecule has 0 aromatic carbocycles. The third kappa shape index (κ3) is 17.5. The molecule has 2 unspecified atom stereocenters. The molecule has 0 radical (unpaired) electrons. The van der Waals surface area contributed by atoms with Crippen molar-refractivity contribution in [2.24, 2.45) is 0 Å². The lowest BCUT2D eigenvalue weighted by Gasteiger charge is -2.24. The molecule has 0 saturated heterocycles. The van der Waals surface area contributed by atoms with E-state index in [0.717, 1.165) is 10.5 Å². The van der Waals surface area contributed by atoms with Gasteiger partial charge in [-0.05, 0) is 25.7 Å². The Kier molecular flexibility index (Phi) is 20.9. The minimum Gasteiger partial charge on any atom is -0.155 e. The van der Waals surface area contributed by atoms with Gasteiger partial charge in [-0.1, -0.05) is 118 Å². The van der Waals surface area contributed by atoms with Crippen LogP contribution in [0.25, 0.3) is 0 Å². The molecule has 2 atom stereocenters. The molecule has 25 heavy (non-hydrogen) atoms. The molecule has 0 nitrogen and oxygen atoms in total. The van der Waals surface area contributed by atoms with E-state index < -0.39 is 0 Å². The molecule has 0 N–H and O–H groups in total. The second-order valence-electron chi connectivity index (χ2n) is 8.07. The first kappa shape index (κ1) is 25.4. The van der Waals surface area contributed by atoms with Crippen LogP contribution in [0.2, 0.25) is 0 Å². The normalized spacial score (nSPS) is 13.9. The highest BCUT2D eigenvalue weighted by molar-refractivity contribution is 8.00. The fourth-order valence-electron chi connectivity index (χ4n) is 3.65. The lowest BCUT2D eigenvalue weighted by atomic mass is 10.1. The van der Waals surface area contributed by atoms with Crippen molar-refractivity contribution in [1.82, 2.24) is 0 Å². The molecule has 0 rings (SSSR count). The minimum absolute atomic E-state index is 0.944. The SMILES string of the molecule is CCCCCCCC(CCCC)SC(CCCC)CCCCCCC. The van der Waals surface area contributed by atoms with E-state index in [2.05, 4.69) is 39.5 Å². The van der Waals surface area contributed by atoms with E-state index in [-0.39, 0.29) is 0 Å². The summed E-state index contributed by atoms with van der Waals surface area (Å²) in [7, 11) is 0. The van der Waals surface area contributed by atoms with Gasteiger partial charge in [0.05, 0.1) is 0 Å². The number of rotatable bonds is 20. The zero-order valence-electron chi connectivity index (χ0n) is 18.3. The van der Waals surface area contributed by atoms with Crippen molar-refractivity contribution in [1.29, 1.82) is 0 Å². The number of thioether (sulfide) groups is 1. The maximum atomic E-state index is 2.40. The van der Waals surface area contributed by atoms with Gasteiger partial charge in [0.1, 0.15) is 0 Å². The zero-order valence-corrected chi connectivity index (χ0v) is 19.1. The first-order valence-electron chi connectivity index (χ1n) is 11.9. The summed E-state index contributed by atoms with van der Waals surface area (Å²) in [5, 5.41) is 1.89. The van der Waals surface area contributed by atoms with Crippen LogP contribution >= 0.6 is 11.8 Å². The van der Waals surface area contributed by atoms with Crippen molar-refractivity contribution < 1.29 is 0 Å². The van der Waals surface area contributed by atoms with Gasteiger partial charge in [0.2, 0.25) is 0 Å². The molecule has 0 aliphatic rings. The molecule has 0 aromatic rings. The lowest BCUT2D eigenvalue weighted by Crippen LogP contribution is -2.12. The third-order valence-electron chi connectivity index (χ3n) is 5.40. The molecule has 0 aliphatic carbocycles. The minimum atomic E-state index is 0.944. The van der Waals surface area contributed by atoms with Crippen molar-refractivity contribution in [3.05, 3.63) is 0 Å². The van der Waals surface area contributed by atoms with Crippen LogP contribution in [0, 0.1) is 0 Å². The molecule has 0 saturated carbocycles. The number of unbranched alkanes of at least 4 members (excludes halogenated alkanes) is 10. The second kappa shape index (κ2) is 20.7. The summed E-state index contributed by atoms with van der Waals surface area (Å²) < 4.78 is 0. The molecule has 0 fully saturated rings. The summed E-state index contributed by atoms with van der Waals surface area (Å²) in [6.07, 6.45) is 25.9. The number of hydrogen-bond donors (Lipinski definition) is 0. The Morgan fingerprint density at radius 3 is 1.08 bits per heavy atom. The third-order valence-corrected chi connectivity index (χ3v) is 7.12. The van der Waals surface area contributed by atoms with Crippen molar-refractivity contribution in [3.63, 3.8) is 0 Å². The van der Waals surface area contributed by atoms with Crippen LogP contribution in [0.1, 0.15) is 143 Å². The van der Waals surface area contributed by atoms with Crippen molar-refractivity contribution in [3.8, 4) is 0 Å². The predicted molar refractivity (Wildman–Crippen MR) is 121 cm³/mol. The Bertz CT molecular complexity index is 214. The van der Waals surface area contributed by atoms with Crippen molar-refractivity contribution in [2.45, 2.75) is 154 Å². The van der Waals surface area contributed by atoms with E-state index in [1.807, 2.05) is 0 Å². The summed E-state index contributed by atoms with van der Waals surface area (Å²) in [5.41, 5.74) is 0. The first-order valence-corrected chi connectivity index (χ1v) is 12.9. The molecule has 1 heteroatoms. The van der Waals surface area contributed by atoms with E-state index in [0.29, 0.717) is 0 Å². The first-order chi connectivity index (χ1) is 12.3. The average molecular weight is 371 g/mol. The molecule has 0 heterocycles. The monoisotopic (exact) mass is 370 g/mol. The van der Waals surface area contributed by atoms with Gasteiger partial charge in [-0.25, -0.2) is 0 Å². The predicted octanol–water partition coefficient (Wildman–Crippen LogP) is 9.56. The van der Waals surface area contributed by atoms with Gasteiger partial charge < -0.3 is 0 Å². The van der Waals surface area contributed by atoms with Crippen LogP contribution in [-0.2, 0) is 0 Å². The maximum absolute atomic E-state index is 2.40. The molecule has 152 valence electrons. The Labute approximate surface area is 165 Å². The summed E-state index contributed by atoms with van der Waals surface area (Å²) in [6.45, 7) is 9.34. The summed E-state index contributed by atoms with van der Waals surface area (Å²) in [5.74, 6) is 0. The Morgan fingerprint density at radius 2 is 0.720 bits per heavy atom. The largest absolute Gasteiger partial charge is 0.155 e. The molecule has 0 aliphatic heterocycles. The smallest absolute Gasteiger partial charge is 0.00498 e. The van der Waals surface area contributed by atoms with Crippen LogP contribution in [0.4, 0.5) is 0 Å². The molecule has 0 amide bonds. The van der Waals surface area contributed by atoms with Crippen LogP contribution < -0.4 is 0 Å². The molecule has 0 spiro atoms. The summed E-state index contributed by atoms with van der Waals surface area (Å²) >= 11 is 2.40. The highest BCUT2D eigenvalue weighted by atomic mass is 32.2. The van der Waals surface area contributed by atoms with Crippen LogP contribution in [0.5, 0.6) is 0 Å². The Morgan fingerprint density at radius 1 is 0.400 bits per heavy atom. The highest BCUT2D eigenvalue weighted by Crippen LogP contribution is 2.32. The van der Waals surface area contributed by atoms with Gasteiger partial charge >= 0.3 is 0 Å².